The van der Waals surface area contributed by atoms with Crippen LogP contribution in [0.4, 0.5) is 10.1 Å². The topological polar surface area (TPSA) is 23.5 Å². The summed E-state index contributed by atoms with van der Waals surface area (Å²) >= 11 is 0. The van der Waals surface area contributed by atoms with Crippen LogP contribution >= 0.6 is 0 Å². The highest BCUT2D eigenvalue weighted by Crippen LogP contribution is 2.36. The van der Waals surface area contributed by atoms with E-state index < -0.39 is 11.6 Å². The van der Waals surface area contributed by atoms with Gasteiger partial charge in [-0.15, -0.1) is 0 Å². The molecule has 0 saturated carbocycles. The fourth-order valence-electron chi connectivity index (χ4n) is 1.47. The van der Waals surface area contributed by atoms with Crippen molar-refractivity contribution in [2.75, 3.05) is 25.6 Å². The quantitative estimate of drug-likeness (QED) is 0.851. The Bertz CT molecular complexity index is 332. The van der Waals surface area contributed by atoms with Gasteiger partial charge < -0.3 is 10.0 Å². The fraction of sp³-hybridized carbons (Fsp3) is 0.538. The van der Waals surface area contributed by atoms with Crippen LogP contribution in [0.3, 0.4) is 0 Å². The van der Waals surface area contributed by atoms with E-state index in [1.165, 1.54) is 0 Å². The number of aliphatic hydroxyl groups is 1. The largest absolute Gasteiger partial charge is 0.396 e. The van der Waals surface area contributed by atoms with Crippen molar-refractivity contribution in [3.8, 4) is 0 Å². The van der Waals surface area contributed by atoms with Crippen molar-refractivity contribution in [3.63, 3.8) is 0 Å². The third kappa shape index (κ3) is 2.73. The Labute approximate surface area is 96.7 Å². The van der Waals surface area contributed by atoms with Gasteiger partial charge in [0, 0.05) is 25.2 Å². The number of hydrogen-bond donors (Lipinski definition) is 1. The summed E-state index contributed by atoms with van der Waals surface area (Å²) in [6.45, 7) is 3.28. The zero-order valence-electron chi connectivity index (χ0n) is 10.4. The van der Waals surface area contributed by atoms with Gasteiger partial charge in [0.1, 0.15) is 6.17 Å². The second kappa shape index (κ2) is 4.83. The van der Waals surface area contributed by atoms with Crippen molar-refractivity contribution in [1.29, 1.82) is 0 Å². The molecule has 0 amide bonds. The lowest BCUT2D eigenvalue weighted by Gasteiger charge is -2.26. The predicted octanol–water partition coefficient (Wildman–Crippen LogP) is 2.78. The van der Waals surface area contributed by atoms with Crippen LogP contribution in [-0.2, 0) is 0 Å². The summed E-state index contributed by atoms with van der Waals surface area (Å²) in [6, 6.07) is 7.32. The van der Waals surface area contributed by atoms with E-state index in [1.54, 1.807) is 26.0 Å². The highest BCUT2D eigenvalue weighted by molar-refractivity contribution is 5.46. The maximum Gasteiger partial charge on any atom is 0.132 e. The molecule has 2 nitrogen and oxygen atoms in total. The van der Waals surface area contributed by atoms with Crippen molar-refractivity contribution >= 4 is 5.69 Å². The lowest BCUT2D eigenvalue weighted by Crippen LogP contribution is -2.23. The predicted molar refractivity (Wildman–Crippen MR) is 65.5 cm³/mol. The molecule has 1 rings (SSSR count). The zero-order valence-corrected chi connectivity index (χ0v) is 10.4. The van der Waals surface area contributed by atoms with E-state index in [-0.39, 0.29) is 6.61 Å². The van der Waals surface area contributed by atoms with E-state index in [9.17, 15) is 4.39 Å². The van der Waals surface area contributed by atoms with E-state index in [2.05, 4.69) is 0 Å². The third-order valence-electron chi connectivity index (χ3n) is 2.80. The van der Waals surface area contributed by atoms with Gasteiger partial charge in [-0.2, -0.15) is 0 Å². The first kappa shape index (κ1) is 13.0. The van der Waals surface area contributed by atoms with Crippen LogP contribution in [0.2, 0.25) is 0 Å². The monoisotopic (exact) mass is 225 g/mol. The summed E-state index contributed by atoms with van der Waals surface area (Å²) in [5.74, 6) is 0. The summed E-state index contributed by atoms with van der Waals surface area (Å²) in [6.07, 6.45) is -1.14. The minimum absolute atomic E-state index is 0.163. The van der Waals surface area contributed by atoms with Gasteiger partial charge in [-0.25, -0.2) is 4.39 Å². The maximum atomic E-state index is 14.1. The summed E-state index contributed by atoms with van der Waals surface area (Å²) in [7, 11) is 3.89. The molecule has 0 aliphatic carbocycles. The van der Waals surface area contributed by atoms with Crippen LogP contribution < -0.4 is 4.90 Å². The SMILES string of the molecule is CN(C)c1ccc(C(F)C(C)(C)CO)cc1. The number of benzene rings is 1. The van der Waals surface area contributed by atoms with Crippen LogP contribution in [0, 0.1) is 5.41 Å². The normalized spacial score (nSPS) is 13.6. The van der Waals surface area contributed by atoms with Crippen LogP contribution in [0.1, 0.15) is 25.6 Å². The van der Waals surface area contributed by atoms with Gasteiger partial charge in [0.2, 0.25) is 0 Å². The van der Waals surface area contributed by atoms with Gasteiger partial charge in [-0.05, 0) is 17.7 Å². The van der Waals surface area contributed by atoms with Crippen LogP contribution in [-0.4, -0.2) is 25.8 Å². The number of rotatable bonds is 4. The number of hydrogen-bond acceptors (Lipinski definition) is 2. The molecule has 1 unspecified atom stereocenters. The first-order chi connectivity index (χ1) is 7.38. The summed E-state index contributed by atoms with van der Waals surface area (Å²) in [5.41, 5.74) is 0.919. The van der Waals surface area contributed by atoms with Crippen LogP contribution in [0.15, 0.2) is 24.3 Å². The molecule has 1 atom stereocenters. The van der Waals surface area contributed by atoms with Gasteiger partial charge in [0.05, 0.1) is 6.61 Å². The first-order valence-electron chi connectivity index (χ1n) is 5.40. The van der Waals surface area contributed by atoms with E-state index in [0.29, 0.717) is 5.56 Å². The molecule has 0 aliphatic rings. The molecule has 90 valence electrons. The van der Waals surface area contributed by atoms with Gasteiger partial charge in [0.25, 0.3) is 0 Å². The minimum Gasteiger partial charge on any atom is -0.396 e. The molecule has 0 radical (unpaired) electrons. The molecule has 0 bridgehead atoms. The van der Waals surface area contributed by atoms with E-state index >= 15 is 0 Å². The molecule has 1 aromatic carbocycles. The molecular formula is C13H20FNO. The zero-order chi connectivity index (χ0) is 12.3. The van der Waals surface area contributed by atoms with Gasteiger partial charge >= 0.3 is 0 Å². The smallest absolute Gasteiger partial charge is 0.132 e. The molecule has 0 heterocycles. The Morgan fingerprint density at radius 3 is 2.12 bits per heavy atom. The van der Waals surface area contributed by atoms with Crippen LogP contribution in [0.25, 0.3) is 0 Å². The first-order valence-corrected chi connectivity index (χ1v) is 5.40. The lowest BCUT2D eigenvalue weighted by atomic mass is 9.84. The highest BCUT2D eigenvalue weighted by atomic mass is 19.1. The Hall–Kier alpha value is -1.09. The van der Waals surface area contributed by atoms with E-state index in [4.69, 9.17) is 5.11 Å². The average molecular weight is 225 g/mol. The van der Waals surface area contributed by atoms with Crippen molar-refractivity contribution in [2.45, 2.75) is 20.0 Å². The van der Waals surface area contributed by atoms with Crippen molar-refractivity contribution in [1.82, 2.24) is 0 Å². The van der Waals surface area contributed by atoms with Crippen LogP contribution in [0.5, 0.6) is 0 Å². The molecule has 0 spiro atoms. The molecule has 1 N–H and O–H groups in total. The summed E-state index contributed by atoms with van der Waals surface area (Å²) in [4.78, 5) is 1.97. The second-order valence-corrected chi connectivity index (χ2v) is 5.00. The fourth-order valence-corrected chi connectivity index (χ4v) is 1.47. The Balaban J connectivity index is 2.90. The molecule has 0 aliphatic heterocycles. The van der Waals surface area contributed by atoms with Crippen molar-refractivity contribution < 1.29 is 9.50 Å². The number of alkyl halides is 1. The van der Waals surface area contributed by atoms with E-state index in [0.717, 1.165) is 5.69 Å². The van der Waals surface area contributed by atoms with Gasteiger partial charge in [0.15, 0.2) is 0 Å². The Morgan fingerprint density at radius 2 is 1.75 bits per heavy atom. The summed E-state index contributed by atoms with van der Waals surface area (Å²) in [5, 5.41) is 9.12. The molecule has 0 aromatic heterocycles. The molecule has 3 heteroatoms. The number of anilines is 1. The number of aliphatic hydroxyl groups excluding tert-OH is 1. The number of halogens is 1. The van der Waals surface area contributed by atoms with Crippen molar-refractivity contribution in [2.24, 2.45) is 5.41 Å². The Morgan fingerprint density at radius 1 is 1.25 bits per heavy atom. The third-order valence-corrected chi connectivity index (χ3v) is 2.80. The molecule has 1 aromatic rings. The van der Waals surface area contributed by atoms with Gasteiger partial charge in [-0.1, -0.05) is 26.0 Å². The number of nitrogens with zero attached hydrogens (tertiary/aromatic N) is 1. The Kier molecular flexibility index (Phi) is 3.92. The molecule has 16 heavy (non-hydrogen) atoms. The van der Waals surface area contributed by atoms with Crippen molar-refractivity contribution in [3.05, 3.63) is 29.8 Å². The molecular weight excluding hydrogens is 205 g/mol. The van der Waals surface area contributed by atoms with Gasteiger partial charge in [-0.3, -0.25) is 0 Å². The maximum absolute atomic E-state index is 14.1. The highest BCUT2D eigenvalue weighted by Gasteiger charge is 2.30. The standard InChI is InChI=1S/C13H20FNO/c1-13(2,9-16)12(14)10-5-7-11(8-6-10)15(3)4/h5-8,12,16H,9H2,1-4H3. The summed E-state index contributed by atoms with van der Waals surface area (Å²) < 4.78 is 14.1. The lowest BCUT2D eigenvalue weighted by molar-refractivity contribution is 0.0665. The average Bonchev–Trinajstić information content (AvgIpc) is 2.28. The molecule has 0 fully saturated rings. The van der Waals surface area contributed by atoms with E-state index in [1.807, 2.05) is 31.1 Å². The second-order valence-electron chi connectivity index (χ2n) is 5.00. The molecule has 0 saturated heterocycles. The minimum atomic E-state index is -1.14.